The molecule has 1 amide bonds. The van der Waals surface area contributed by atoms with Crippen LogP contribution in [0.2, 0.25) is 0 Å². The predicted octanol–water partition coefficient (Wildman–Crippen LogP) is 1.78. The largest absolute Gasteiger partial charge is 0.381 e. The molecule has 144 valence electrons. The molecule has 0 saturated carbocycles. The molecule has 27 heavy (non-hydrogen) atoms. The van der Waals surface area contributed by atoms with Crippen LogP contribution in [0.15, 0.2) is 30.5 Å². The summed E-state index contributed by atoms with van der Waals surface area (Å²) in [6, 6.07) is 6.67. The van der Waals surface area contributed by atoms with E-state index >= 15 is 0 Å². The molecule has 2 N–H and O–H groups in total. The monoisotopic (exact) mass is 373 g/mol. The quantitative estimate of drug-likeness (QED) is 0.854. The number of nitrogens with one attached hydrogen (secondary N) is 2. The Morgan fingerprint density at radius 1 is 1.30 bits per heavy atom. The van der Waals surface area contributed by atoms with Gasteiger partial charge in [-0.2, -0.15) is 0 Å². The van der Waals surface area contributed by atoms with Crippen molar-refractivity contribution < 1.29 is 13.9 Å². The van der Waals surface area contributed by atoms with E-state index in [0.29, 0.717) is 26.1 Å². The van der Waals surface area contributed by atoms with Crippen molar-refractivity contribution in [2.45, 2.75) is 37.3 Å². The summed E-state index contributed by atoms with van der Waals surface area (Å²) in [6.45, 7) is 2.90. The second-order valence-electron chi connectivity index (χ2n) is 7.22. The Hall–Kier alpha value is -2.32. The van der Waals surface area contributed by atoms with Crippen LogP contribution in [0.3, 0.4) is 0 Å². The number of nitrogens with zero attached hydrogens (tertiary/aromatic N) is 3. The highest BCUT2D eigenvalue weighted by atomic mass is 19.1. The highest BCUT2D eigenvalue weighted by Gasteiger charge is 2.37. The van der Waals surface area contributed by atoms with Gasteiger partial charge in [-0.3, -0.25) is 4.79 Å². The molecule has 8 heteroatoms. The molecule has 2 aromatic rings. The number of ether oxygens (including phenoxy) is 1. The number of aromatic nitrogens is 3. The zero-order valence-electron chi connectivity index (χ0n) is 15.2. The van der Waals surface area contributed by atoms with Gasteiger partial charge in [-0.15, -0.1) is 5.10 Å². The Morgan fingerprint density at radius 2 is 2.07 bits per heavy atom. The van der Waals surface area contributed by atoms with Gasteiger partial charge >= 0.3 is 0 Å². The average Bonchev–Trinajstić information content (AvgIpc) is 3.20. The van der Waals surface area contributed by atoms with Crippen molar-refractivity contribution >= 4 is 5.91 Å². The Balaban J connectivity index is 1.54. The number of carbonyl (C=O) groups is 1. The van der Waals surface area contributed by atoms with Crippen LogP contribution in [0.4, 0.5) is 4.39 Å². The third-order valence-corrected chi connectivity index (χ3v) is 5.50. The zero-order chi connectivity index (χ0) is 18.7. The lowest BCUT2D eigenvalue weighted by Crippen LogP contribution is -2.49. The maximum Gasteiger partial charge on any atom is 0.274 e. The van der Waals surface area contributed by atoms with Crippen molar-refractivity contribution in [3.05, 3.63) is 47.5 Å². The molecule has 2 aliphatic heterocycles. The third-order valence-electron chi connectivity index (χ3n) is 5.50. The number of rotatable bonds is 4. The van der Waals surface area contributed by atoms with Crippen molar-refractivity contribution in [1.82, 2.24) is 25.6 Å². The summed E-state index contributed by atoms with van der Waals surface area (Å²) in [5, 5.41) is 14.6. The number of benzene rings is 1. The van der Waals surface area contributed by atoms with E-state index in [1.165, 1.54) is 12.1 Å². The van der Waals surface area contributed by atoms with Gasteiger partial charge in [0, 0.05) is 13.2 Å². The van der Waals surface area contributed by atoms with Crippen LogP contribution in [0.25, 0.3) is 0 Å². The van der Waals surface area contributed by atoms with Crippen LogP contribution in [0.5, 0.6) is 0 Å². The first-order valence-electron chi connectivity index (χ1n) is 9.45. The van der Waals surface area contributed by atoms with E-state index in [4.69, 9.17) is 4.74 Å². The molecular formula is C19H24FN5O2. The summed E-state index contributed by atoms with van der Waals surface area (Å²) in [5.74, 6) is -0.606. The molecule has 2 aliphatic rings. The predicted molar refractivity (Wildman–Crippen MR) is 96.8 cm³/mol. The number of amides is 1. The second-order valence-corrected chi connectivity index (χ2v) is 7.22. The number of carbonyl (C=O) groups excluding carboxylic acids is 1. The molecule has 0 spiro atoms. The standard InChI is InChI=1S/C19H24FN5O2/c20-15-3-1-2-14(12-15)19(6-10-27-11-7-19)22-18(26)17-13-25(24-23-17)16-4-8-21-9-5-16/h1-3,12-13,16,21H,4-11H2,(H,22,26). The summed E-state index contributed by atoms with van der Waals surface area (Å²) in [4.78, 5) is 12.9. The Bertz CT molecular complexity index is 797. The molecule has 0 atom stereocenters. The fourth-order valence-corrected chi connectivity index (χ4v) is 3.90. The van der Waals surface area contributed by atoms with Crippen LogP contribution in [0.1, 0.15) is 47.8 Å². The summed E-state index contributed by atoms with van der Waals surface area (Å²) in [6.07, 6.45) is 4.82. The van der Waals surface area contributed by atoms with Gasteiger partial charge in [0.15, 0.2) is 5.69 Å². The van der Waals surface area contributed by atoms with Gasteiger partial charge in [-0.05, 0) is 56.5 Å². The van der Waals surface area contributed by atoms with E-state index in [1.807, 2.05) is 6.07 Å². The molecule has 0 bridgehead atoms. The first-order chi connectivity index (χ1) is 13.2. The molecule has 0 aliphatic carbocycles. The Morgan fingerprint density at radius 3 is 2.81 bits per heavy atom. The minimum absolute atomic E-state index is 0.264. The first-order valence-corrected chi connectivity index (χ1v) is 9.45. The van der Waals surface area contributed by atoms with E-state index in [9.17, 15) is 9.18 Å². The van der Waals surface area contributed by atoms with Crippen LogP contribution in [-0.2, 0) is 10.3 Å². The molecule has 2 fully saturated rings. The molecule has 1 aromatic carbocycles. The number of hydrogen-bond donors (Lipinski definition) is 2. The number of piperidine rings is 1. The van der Waals surface area contributed by atoms with Crippen molar-refractivity contribution in [1.29, 1.82) is 0 Å². The normalized spacial score (nSPS) is 20.3. The lowest BCUT2D eigenvalue weighted by Gasteiger charge is -2.38. The second kappa shape index (κ2) is 7.74. The summed E-state index contributed by atoms with van der Waals surface area (Å²) in [5.41, 5.74) is 0.386. The maximum absolute atomic E-state index is 13.8. The van der Waals surface area contributed by atoms with Gasteiger partial charge in [0.05, 0.1) is 17.8 Å². The van der Waals surface area contributed by atoms with Gasteiger partial charge in [0.2, 0.25) is 0 Å². The molecule has 2 saturated heterocycles. The zero-order valence-corrected chi connectivity index (χ0v) is 15.2. The first kappa shape index (κ1) is 18.1. The highest BCUT2D eigenvalue weighted by Crippen LogP contribution is 2.33. The van der Waals surface area contributed by atoms with Crippen LogP contribution in [0, 0.1) is 5.82 Å². The van der Waals surface area contributed by atoms with E-state index in [-0.39, 0.29) is 23.5 Å². The van der Waals surface area contributed by atoms with Gasteiger partial charge < -0.3 is 15.4 Å². The van der Waals surface area contributed by atoms with Crippen molar-refractivity contribution in [2.24, 2.45) is 0 Å². The Kier molecular flexibility index (Phi) is 5.18. The smallest absolute Gasteiger partial charge is 0.274 e. The molecule has 4 rings (SSSR count). The van der Waals surface area contributed by atoms with Gasteiger partial charge in [0.25, 0.3) is 5.91 Å². The van der Waals surface area contributed by atoms with Crippen molar-refractivity contribution in [3.63, 3.8) is 0 Å². The van der Waals surface area contributed by atoms with Crippen molar-refractivity contribution in [3.8, 4) is 0 Å². The minimum Gasteiger partial charge on any atom is -0.381 e. The molecular weight excluding hydrogens is 349 g/mol. The number of halogens is 1. The minimum atomic E-state index is -0.657. The average molecular weight is 373 g/mol. The lowest BCUT2D eigenvalue weighted by molar-refractivity contribution is 0.0343. The lowest BCUT2D eigenvalue weighted by atomic mass is 9.82. The summed E-state index contributed by atoms with van der Waals surface area (Å²) in [7, 11) is 0. The SMILES string of the molecule is O=C(NC1(c2cccc(F)c2)CCOCC1)c1cn(C2CCNCC2)nn1. The van der Waals surface area contributed by atoms with E-state index in [2.05, 4.69) is 20.9 Å². The fourth-order valence-electron chi connectivity index (χ4n) is 3.90. The van der Waals surface area contributed by atoms with Gasteiger partial charge in [-0.1, -0.05) is 17.3 Å². The molecule has 7 nitrogen and oxygen atoms in total. The highest BCUT2D eigenvalue weighted by molar-refractivity contribution is 5.92. The van der Waals surface area contributed by atoms with Crippen LogP contribution < -0.4 is 10.6 Å². The summed E-state index contributed by atoms with van der Waals surface area (Å²) < 4.78 is 21.0. The van der Waals surface area contributed by atoms with Crippen LogP contribution >= 0.6 is 0 Å². The molecule has 0 unspecified atom stereocenters. The van der Waals surface area contributed by atoms with E-state index in [1.54, 1.807) is 16.9 Å². The molecule has 1 aromatic heterocycles. The number of hydrogen-bond acceptors (Lipinski definition) is 5. The summed E-state index contributed by atoms with van der Waals surface area (Å²) >= 11 is 0. The molecule has 0 radical (unpaired) electrons. The van der Waals surface area contributed by atoms with E-state index < -0.39 is 5.54 Å². The molecule has 3 heterocycles. The topological polar surface area (TPSA) is 81.1 Å². The third kappa shape index (κ3) is 3.86. The van der Waals surface area contributed by atoms with Gasteiger partial charge in [-0.25, -0.2) is 9.07 Å². The fraction of sp³-hybridized carbons (Fsp3) is 0.526. The maximum atomic E-state index is 13.8. The van der Waals surface area contributed by atoms with Crippen LogP contribution in [-0.4, -0.2) is 47.2 Å². The Labute approximate surface area is 157 Å². The van der Waals surface area contributed by atoms with Crippen molar-refractivity contribution in [2.75, 3.05) is 26.3 Å². The van der Waals surface area contributed by atoms with Gasteiger partial charge in [0.1, 0.15) is 5.82 Å². The van der Waals surface area contributed by atoms with E-state index in [0.717, 1.165) is 31.5 Å².